The molecule has 0 aliphatic heterocycles. The van der Waals surface area contributed by atoms with Crippen molar-refractivity contribution in [2.45, 2.75) is 13.0 Å². The molecule has 104 valence electrons. The van der Waals surface area contributed by atoms with Crippen molar-refractivity contribution in [1.82, 2.24) is 10.3 Å². The summed E-state index contributed by atoms with van der Waals surface area (Å²) in [7, 11) is 1.57. The lowest BCUT2D eigenvalue weighted by atomic mass is 10.1. The highest BCUT2D eigenvalue weighted by Crippen LogP contribution is 2.10. The molecular formula is C15H15ClN2O2. The van der Waals surface area contributed by atoms with E-state index in [0.717, 1.165) is 11.1 Å². The Morgan fingerprint density at radius 3 is 2.50 bits per heavy atom. The second kappa shape index (κ2) is 6.91. The third-order valence-electron chi connectivity index (χ3n) is 2.77. The zero-order chi connectivity index (χ0) is 14.4. The van der Waals surface area contributed by atoms with Gasteiger partial charge >= 0.3 is 0 Å². The van der Waals surface area contributed by atoms with Crippen molar-refractivity contribution in [2.75, 3.05) is 7.11 Å². The monoisotopic (exact) mass is 290 g/mol. The van der Waals surface area contributed by atoms with Crippen molar-refractivity contribution in [1.29, 1.82) is 0 Å². The SMILES string of the molecule is COc1ccc(CNC(=O)Cc2ccc(Cl)cc2)cn1. The fourth-order valence-corrected chi connectivity index (χ4v) is 1.81. The third kappa shape index (κ3) is 4.24. The number of carbonyl (C=O) groups excluding carboxylic acids is 1. The highest BCUT2D eigenvalue weighted by atomic mass is 35.5. The number of amides is 1. The van der Waals surface area contributed by atoms with E-state index in [1.165, 1.54) is 0 Å². The first-order valence-electron chi connectivity index (χ1n) is 6.17. The minimum absolute atomic E-state index is 0.0388. The van der Waals surface area contributed by atoms with E-state index >= 15 is 0 Å². The van der Waals surface area contributed by atoms with Crippen LogP contribution in [0, 0.1) is 0 Å². The Balaban J connectivity index is 1.83. The number of hydrogen-bond acceptors (Lipinski definition) is 3. The molecule has 1 heterocycles. The molecule has 1 aromatic heterocycles. The molecule has 2 aromatic rings. The molecule has 0 bridgehead atoms. The van der Waals surface area contributed by atoms with Crippen molar-refractivity contribution >= 4 is 17.5 Å². The van der Waals surface area contributed by atoms with E-state index in [2.05, 4.69) is 10.3 Å². The molecule has 5 heteroatoms. The smallest absolute Gasteiger partial charge is 0.224 e. The first-order chi connectivity index (χ1) is 9.67. The molecule has 0 unspecified atom stereocenters. The fraction of sp³-hybridized carbons (Fsp3) is 0.200. The van der Waals surface area contributed by atoms with Gasteiger partial charge in [-0.1, -0.05) is 29.8 Å². The molecular weight excluding hydrogens is 276 g/mol. The lowest BCUT2D eigenvalue weighted by Gasteiger charge is -2.06. The molecule has 0 aliphatic carbocycles. The summed E-state index contributed by atoms with van der Waals surface area (Å²) < 4.78 is 4.97. The minimum atomic E-state index is -0.0388. The van der Waals surface area contributed by atoms with Gasteiger partial charge < -0.3 is 10.1 Å². The first kappa shape index (κ1) is 14.3. The van der Waals surface area contributed by atoms with Crippen LogP contribution < -0.4 is 10.1 Å². The molecule has 0 spiro atoms. The maximum Gasteiger partial charge on any atom is 0.224 e. The molecule has 20 heavy (non-hydrogen) atoms. The second-order valence-electron chi connectivity index (χ2n) is 4.29. The first-order valence-corrected chi connectivity index (χ1v) is 6.55. The Morgan fingerprint density at radius 1 is 1.20 bits per heavy atom. The molecule has 0 saturated heterocycles. The summed E-state index contributed by atoms with van der Waals surface area (Å²) in [6.45, 7) is 0.448. The van der Waals surface area contributed by atoms with Crippen LogP contribution in [0.2, 0.25) is 5.02 Å². The number of rotatable bonds is 5. The molecule has 0 fully saturated rings. The molecule has 4 nitrogen and oxygen atoms in total. The highest BCUT2D eigenvalue weighted by Gasteiger charge is 2.04. The van der Waals surface area contributed by atoms with E-state index in [0.29, 0.717) is 23.9 Å². The van der Waals surface area contributed by atoms with Gasteiger partial charge in [-0.25, -0.2) is 4.98 Å². The number of nitrogens with one attached hydrogen (secondary N) is 1. The van der Waals surface area contributed by atoms with Gasteiger partial charge in [0, 0.05) is 23.8 Å². The van der Waals surface area contributed by atoms with E-state index in [1.807, 2.05) is 18.2 Å². The van der Waals surface area contributed by atoms with E-state index in [1.54, 1.807) is 31.5 Å². The van der Waals surface area contributed by atoms with E-state index < -0.39 is 0 Å². The summed E-state index contributed by atoms with van der Waals surface area (Å²) in [6.07, 6.45) is 2.02. The number of carbonyl (C=O) groups is 1. The molecule has 0 atom stereocenters. The Hall–Kier alpha value is -2.07. The number of ether oxygens (including phenoxy) is 1. The lowest BCUT2D eigenvalue weighted by molar-refractivity contribution is -0.120. The number of halogens is 1. The molecule has 1 aromatic carbocycles. The van der Waals surface area contributed by atoms with Crippen LogP contribution in [-0.2, 0) is 17.8 Å². The summed E-state index contributed by atoms with van der Waals surface area (Å²) >= 11 is 5.80. The number of aromatic nitrogens is 1. The van der Waals surface area contributed by atoms with Gasteiger partial charge in [0.25, 0.3) is 0 Å². The Bertz CT molecular complexity index is 567. The van der Waals surface area contributed by atoms with Gasteiger partial charge in [-0.15, -0.1) is 0 Å². The van der Waals surface area contributed by atoms with Gasteiger partial charge in [-0.3, -0.25) is 4.79 Å². The van der Waals surface area contributed by atoms with Crippen LogP contribution >= 0.6 is 11.6 Å². The average Bonchev–Trinajstić information content (AvgIpc) is 2.48. The third-order valence-corrected chi connectivity index (χ3v) is 3.03. The molecule has 1 amide bonds. The quantitative estimate of drug-likeness (QED) is 0.921. The van der Waals surface area contributed by atoms with Crippen molar-refractivity contribution in [3.05, 3.63) is 58.7 Å². The molecule has 0 radical (unpaired) electrons. The summed E-state index contributed by atoms with van der Waals surface area (Å²) in [5, 5.41) is 3.51. The zero-order valence-corrected chi connectivity index (χ0v) is 11.9. The van der Waals surface area contributed by atoms with E-state index in [-0.39, 0.29) is 5.91 Å². The van der Waals surface area contributed by atoms with Gasteiger partial charge in [0.15, 0.2) is 0 Å². The van der Waals surface area contributed by atoms with Crippen LogP contribution in [0.15, 0.2) is 42.6 Å². The summed E-state index contributed by atoms with van der Waals surface area (Å²) in [5.74, 6) is 0.518. The number of benzene rings is 1. The predicted molar refractivity (Wildman–Crippen MR) is 77.8 cm³/mol. The van der Waals surface area contributed by atoms with Crippen LogP contribution in [0.5, 0.6) is 5.88 Å². The van der Waals surface area contributed by atoms with E-state index in [4.69, 9.17) is 16.3 Å². The molecule has 2 rings (SSSR count). The number of nitrogens with zero attached hydrogens (tertiary/aromatic N) is 1. The van der Waals surface area contributed by atoms with Gasteiger partial charge in [-0.2, -0.15) is 0 Å². The zero-order valence-electron chi connectivity index (χ0n) is 11.1. The highest BCUT2D eigenvalue weighted by molar-refractivity contribution is 6.30. The van der Waals surface area contributed by atoms with Gasteiger partial charge in [0.2, 0.25) is 11.8 Å². The van der Waals surface area contributed by atoms with Crippen molar-refractivity contribution in [3.63, 3.8) is 0 Å². The summed E-state index contributed by atoms with van der Waals surface area (Å²) in [6, 6.07) is 10.9. The van der Waals surface area contributed by atoms with Crippen LogP contribution in [0.4, 0.5) is 0 Å². The van der Waals surface area contributed by atoms with Crippen LogP contribution in [0.3, 0.4) is 0 Å². The standard InChI is InChI=1S/C15H15ClN2O2/c1-20-15-7-4-12(10-18-15)9-17-14(19)8-11-2-5-13(16)6-3-11/h2-7,10H,8-9H2,1H3,(H,17,19). The Labute approximate surface area is 122 Å². The molecule has 0 aliphatic rings. The largest absolute Gasteiger partial charge is 0.481 e. The fourth-order valence-electron chi connectivity index (χ4n) is 1.69. The van der Waals surface area contributed by atoms with Gasteiger partial charge in [0.1, 0.15) is 0 Å². The van der Waals surface area contributed by atoms with Crippen molar-refractivity contribution in [3.8, 4) is 5.88 Å². The van der Waals surface area contributed by atoms with Crippen LogP contribution in [0.25, 0.3) is 0 Å². The predicted octanol–water partition coefficient (Wildman–Crippen LogP) is 2.60. The van der Waals surface area contributed by atoms with Crippen LogP contribution in [0.1, 0.15) is 11.1 Å². The normalized spacial score (nSPS) is 10.1. The van der Waals surface area contributed by atoms with Crippen molar-refractivity contribution in [2.24, 2.45) is 0 Å². The Kier molecular flexibility index (Phi) is 4.96. The van der Waals surface area contributed by atoms with Crippen molar-refractivity contribution < 1.29 is 9.53 Å². The molecule has 0 saturated carbocycles. The number of pyridine rings is 1. The number of methoxy groups -OCH3 is 1. The summed E-state index contributed by atoms with van der Waals surface area (Å²) in [4.78, 5) is 15.9. The topological polar surface area (TPSA) is 51.2 Å². The summed E-state index contributed by atoms with van der Waals surface area (Å²) in [5.41, 5.74) is 1.86. The Morgan fingerprint density at radius 2 is 1.90 bits per heavy atom. The maximum atomic E-state index is 11.8. The maximum absolute atomic E-state index is 11.8. The van der Waals surface area contributed by atoms with Crippen LogP contribution in [-0.4, -0.2) is 18.0 Å². The number of hydrogen-bond donors (Lipinski definition) is 1. The molecule has 1 N–H and O–H groups in total. The lowest BCUT2D eigenvalue weighted by Crippen LogP contribution is -2.24. The van der Waals surface area contributed by atoms with Gasteiger partial charge in [-0.05, 0) is 23.3 Å². The average molecular weight is 291 g/mol. The second-order valence-corrected chi connectivity index (χ2v) is 4.73. The van der Waals surface area contributed by atoms with Gasteiger partial charge in [0.05, 0.1) is 13.5 Å². The minimum Gasteiger partial charge on any atom is -0.481 e. The van der Waals surface area contributed by atoms with E-state index in [9.17, 15) is 4.79 Å².